The van der Waals surface area contributed by atoms with Crippen molar-refractivity contribution in [1.29, 1.82) is 0 Å². The maximum absolute atomic E-state index is 6.22. The van der Waals surface area contributed by atoms with Crippen LogP contribution in [0.1, 0.15) is 19.3 Å². The van der Waals surface area contributed by atoms with Crippen LogP contribution in [-0.2, 0) is 0 Å². The summed E-state index contributed by atoms with van der Waals surface area (Å²) in [4.78, 5) is 6.65. The highest BCUT2D eigenvalue weighted by Crippen LogP contribution is 2.39. The summed E-state index contributed by atoms with van der Waals surface area (Å²) in [7, 11) is 0. The fourth-order valence-electron chi connectivity index (χ4n) is 3.28. The van der Waals surface area contributed by atoms with Gasteiger partial charge in [0.15, 0.2) is 0 Å². The summed E-state index contributed by atoms with van der Waals surface area (Å²) < 4.78 is 0. The molecule has 0 amide bonds. The van der Waals surface area contributed by atoms with Gasteiger partial charge in [0.2, 0.25) is 0 Å². The normalized spacial score (nSPS) is 31.5. The Morgan fingerprint density at radius 2 is 2.00 bits per heavy atom. The second-order valence-electron chi connectivity index (χ2n) is 5.46. The van der Waals surface area contributed by atoms with Crippen molar-refractivity contribution in [2.75, 3.05) is 18.0 Å². The highest BCUT2D eigenvalue weighted by molar-refractivity contribution is 6.36. The van der Waals surface area contributed by atoms with E-state index in [-0.39, 0.29) is 0 Å². The van der Waals surface area contributed by atoms with E-state index in [1.165, 1.54) is 6.42 Å². The van der Waals surface area contributed by atoms with E-state index in [4.69, 9.17) is 28.9 Å². The van der Waals surface area contributed by atoms with Crippen molar-refractivity contribution < 1.29 is 0 Å². The molecule has 5 heteroatoms. The van der Waals surface area contributed by atoms with Crippen LogP contribution in [0, 0.1) is 11.8 Å². The average molecular weight is 286 g/mol. The summed E-state index contributed by atoms with van der Waals surface area (Å²) in [5.41, 5.74) is 6.05. The van der Waals surface area contributed by atoms with Crippen molar-refractivity contribution in [2.24, 2.45) is 17.6 Å². The van der Waals surface area contributed by atoms with Crippen molar-refractivity contribution in [1.82, 2.24) is 4.98 Å². The van der Waals surface area contributed by atoms with Crippen LogP contribution in [0.15, 0.2) is 12.3 Å². The summed E-state index contributed by atoms with van der Waals surface area (Å²) >= 11 is 12.1. The van der Waals surface area contributed by atoms with E-state index in [9.17, 15) is 0 Å². The molecule has 1 aliphatic carbocycles. The van der Waals surface area contributed by atoms with E-state index >= 15 is 0 Å². The zero-order valence-corrected chi connectivity index (χ0v) is 11.7. The Morgan fingerprint density at radius 1 is 1.22 bits per heavy atom. The molecular formula is C13H17Cl2N3. The first-order valence-corrected chi connectivity index (χ1v) is 7.20. The van der Waals surface area contributed by atoms with E-state index in [1.54, 1.807) is 12.3 Å². The molecule has 1 aromatic heterocycles. The second-order valence-corrected chi connectivity index (χ2v) is 6.30. The van der Waals surface area contributed by atoms with Crippen LogP contribution in [-0.4, -0.2) is 24.1 Å². The van der Waals surface area contributed by atoms with Gasteiger partial charge in [0.25, 0.3) is 0 Å². The van der Waals surface area contributed by atoms with Gasteiger partial charge < -0.3 is 10.6 Å². The fourth-order valence-corrected chi connectivity index (χ4v) is 3.78. The molecule has 3 atom stereocenters. The molecule has 1 saturated carbocycles. The number of fused-ring (bicyclic) bond motifs is 1. The molecule has 1 unspecified atom stereocenters. The molecule has 1 aliphatic heterocycles. The van der Waals surface area contributed by atoms with Gasteiger partial charge in [0.1, 0.15) is 5.82 Å². The molecular weight excluding hydrogens is 269 g/mol. The molecule has 98 valence electrons. The third-order valence-electron chi connectivity index (χ3n) is 4.18. The van der Waals surface area contributed by atoms with Gasteiger partial charge in [-0.3, -0.25) is 0 Å². The van der Waals surface area contributed by atoms with Crippen LogP contribution < -0.4 is 10.6 Å². The van der Waals surface area contributed by atoms with Crippen molar-refractivity contribution in [3.63, 3.8) is 0 Å². The predicted octanol–water partition coefficient (Wildman–Crippen LogP) is 2.95. The number of nitrogens with two attached hydrogens (primary N) is 1. The number of pyridine rings is 1. The molecule has 0 bridgehead atoms. The van der Waals surface area contributed by atoms with Gasteiger partial charge in [-0.05, 0) is 37.2 Å². The largest absolute Gasteiger partial charge is 0.355 e. The second kappa shape index (κ2) is 4.87. The monoisotopic (exact) mass is 285 g/mol. The quantitative estimate of drug-likeness (QED) is 0.863. The Hall–Kier alpha value is -0.510. The SMILES string of the molecule is NC1CC[C@H]2CN(c3ncc(Cl)cc3Cl)C[C@H]2C1. The first-order valence-electron chi connectivity index (χ1n) is 6.45. The minimum Gasteiger partial charge on any atom is -0.355 e. The highest BCUT2D eigenvalue weighted by atomic mass is 35.5. The molecule has 18 heavy (non-hydrogen) atoms. The standard InChI is InChI=1S/C13H17Cl2N3/c14-10-4-12(15)13(17-5-10)18-6-8-1-2-11(16)3-9(8)7-18/h4-5,8-9,11H,1-3,6-7,16H2/t8-,9+,11?/m0/s1. The predicted molar refractivity (Wildman–Crippen MR) is 75.3 cm³/mol. The Labute approximate surface area is 117 Å². The lowest BCUT2D eigenvalue weighted by atomic mass is 9.79. The summed E-state index contributed by atoms with van der Waals surface area (Å²) in [6.45, 7) is 2.07. The molecule has 0 spiro atoms. The first-order chi connectivity index (χ1) is 8.63. The van der Waals surface area contributed by atoms with E-state index in [1.807, 2.05) is 0 Å². The number of hydrogen-bond acceptors (Lipinski definition) is 3. The number of nitrogens with zero attached hydrogens (tertiary/aromatic N) is 2. The number of rotatable bonds is 1. The Balaban J connectivity index is 1.78. The van der Waals surface area contributed by atoms with Gasteiger partial charge in [0, 0.05) is 25.3 Å². The number of anilines is 1. The molecule has 2 aliphatic rings. The zero-order valence-electron chi connectivity index (χ0n) is 10.1. The Bertz CT molecular complexity index is 452. The highest BCUT2D eigenvalue weighted by Gasteiger charge is 2.37. The molecule has 1 saturated heterocycles. The minimum atomic E-state index is 0.375. The lowest BCUT2D eigenvalue weighted by Crippen LogP contribution is -2.32. The van der Waals surface area contributed by atoms with E-state index < -0.39 is 0 Å². The maximum Gasteiger partial charge on any atom is 0.147 e. The third-order valence-corrected chi connectivity index (χ3v) is 4.66. The van der Waals surface area contributed by atoms with Crippen LogP contribution in [0.4, 0.5) is 5.82 Å². The number of hydrogen-bond donors (Lipinski definition) is 1. The van der Waals surface area contributed by atoms with Crippen LogP contribution in [0.5, 0.6) is 0 Å². The van der Waals surface area contributed by atoms with Crippen LogP contribution in [0.3, 0.4) is 0 Å². The zero-order chi connectivity index (χ0) is 12.7. The lowest BCUT2D eigenvalue weighted by molar-refractivity contribution is 0.271. The molecule has 2 fully saturated rings. The molecule has 0 radical (unpaired) electrons. The van der Waals surface area contributed by atoms with Crippen LogP contribution in [0.2, 0.25) is 10.0 Å². The van der Waals surface area contributed by atoms with Gasteiger partial charge in [-0.2, -0.15) is 0 Å². The molecule has 3 nitrogen and oxygen atoms in total. The summed E-state index contributed by atoms with van der Waals surface area (Å²) in [6, 6.07) is 2.14. The van der Waals surface area contributed by atoms with Crippen molar-refractivity contribution in [3.8, 4) is 0 Å². The Kier molecular flexibility index (Phi) is 3.39. The van der Waals surface area contributed by atoms with E-state index in [2.05, 4.69) is 9.88 Å². The smallest absolute Gasteiger partial charge is 0.147 e. The molecule has 1 aromatic rings. The molecule has 2 heterocycles. The molecule has 3 rings (SSSR count). The average Bonchev–Trinajstić information content (AvgIpc) is 2.71. The van der Waals surface area contributed by atoms with Gasteiger partial charge in [0.05, 0.1) is 10.0 Å². The summed E-state index contributed by atoms with van der Waals surface area (Å²) in [5.74, 6) is 2.31. The van der Waals surface area contributed by atoms with Gasteiger partial charge in [-0.15, -0.1) is 0 Å². The van der Waals surface area contributed by atoms with Gasteiger partial charge in [-0.25, -0.2) is 4.98 Å². The van der Waals surface area contributed by atoms with E-state index in [0.29, 0.717) is 22.0 Å². The summed E-state index contributed by atoms with van der Waals surface area (Å²) in [5, 5.41) is 1.23. The summed E-state index contributed by atoms with van der Waals surface area (Å²) in [6.07, 6.45) is 5.17. The third kappa shape index (κ3) is 2.31. The van der Waals surface area contributed by atoms with Crippen LogP contribution in [0.25, 0.3) is 0 Å². The molecule has 0 aromatic carbocycles. The maximum atomic E-state index is 6.22. The Morgan fingerprint density at radius 3 is 2.78 bits per heavy atom. The first kappa shape index (κ1) is 12.5. The lowest BCUT2D eigenvalue weighted by Gasteiger charge is -2.27. The minimum absolute atomic E-state index is 0.375. The number of aromatic nitrogens is 1. The van der Waals surface area contributed by atoms with Crippen molar-refractivity contribution >= 4 is 29.0 Å². The van der Waals surface area contributed by atoms with E-state index in [0.717, 1.165) is 37.7 Å². The van der Waals surface area contributed by atoms with Crippen molar-refractivity contribution in [3.05, 3.63) is 22.3 Å². The van der Waals surface area contributed by atoms with Crippen molar-refractivity contribution in [2.45, 2.75) is 25.3 Å². The topological polar surface area (TPSA) is 42.1 Å². The molecule has 2 N–H and O–H groups in total. The van der Waals surface area contributed by atoms with Gasteiger partial charge >= 0.3 is 0 Å². The van der Waals surface area contributed by atoms with Gasteiger partial charge in [-0.1, -0.05) is 23.2 Å². The fraction of sp³-hybridized carbons (Fsp3) is 0.615. The van der Waals surface area contributed by atoms with Crippen LogP contribution >= 0.6 is 23.2 Å². The number of halogens is 2.